The Kier molecular flexibility index (Phi) is 2.50. The van der Waals surface area contributed by atoms with Crippen LogP contribution in [0.1, 0.15) is 32.1 Å². The maximum Gasteiger partial charge on any atom is 0.346 e. The van der Waals surface area contributed by atoms with Crippen LogP contribution in [-0.2, 0) is 4.79 Å². The molecule has 1 N–H and O–H groups in total. The number of halogens is 1. The summed E-state index contributed by atoms with van der Waals surface area (Å²) in [6, 6.07) is 0. The fraction of sp³-hybridized carbons (Fsp3) is 0.769. The van der Waals surface area contributed by atoms with Crippen LogP contribution >= 0.6 is 11.6 Å². The number of carboxylic acids is 1. The molecule has 4 fully saturated rings. The predicted molar refractivity (Wildman–Crippen MR) is 62.1 cm³/mol. The first kappa shape index (κ1) is 10.6. The molecule has 88 valence electrons. The number of hydrogen-bond acceptors (Lipinski definition) is 1. The second-order valence-electron chi connectivity index (χ2n) is 5.83. The Morgan fingerprint density at radius 2 is 1.56 bits per heavy atom. The van der Waals surface area contributed by atoms with E-state index in [4.69, 9.17) is 16.7 Å². The molecule has 16 heavy (non-hydrogen) atoms. The lowest BCUT2D eigenvalue weighted by Crippen LogP contribution is -2.44. The van der Waals surface area contributed by atoms with Gasteiger partial charge in [-0.05, 0) is 61.7 Å². The fourth-order valence-electron chi connectivity index (χ4n) is 4.48. The summed E-state index contributed by atoms with van der Waals surface area (Å²) in [6.45, 7) is 0. The highest BCUT2D eigenvalue weighted by Gasteiger charge is 2.47. The number of carboxylic acid groups (broad SMARTS) is 1. The number of carbonyl (C=O) groups is 1. The third kappa shape index (κ3) is 1.67. The molecule has 4 aliphatic carbocycles. The summed E-state index contributed by atoms with van der Waals surface area (Å²) in [5.41, 5.74) is 0. The summed E-state index contributed by atoms with van der Waals surface area (Å²) >= 11 is 5.77. The van der Waals surface area contributed by atoms with Crippen LogP contribution in [0.25, 0.3) is 0 Å². The molecule has 0 spiro atoms. The third-order valence-electron chi connectivity index (χ3n) is 4.84. The summed E-state index contributed by atoms with van der Waals surface area (Å²) in [6.07, 6.45) is 8.47. The van der Waals surface area contributed by atoms with E-state index in [1.54, 1.807) is 0 Å². The molecule has 4 aliphatic rings. The lowest BCUT2D eigenvalue weighted by molar-refractivity contribution is -0.132. The van der Waals surface area contributed by atoms with Crippen LogP contribution in [0.15, 0.2) is 11.1 Å². The minimum atomic E-state index is -0.976. The van der Waals surface area contributed by atoms with Crippen molar-refractivity contribution >= 4 is 17.6 Å². The van der Waals surface area contributed by atoms with E-state index in [1.165, 1.54) is 32.1 Å². The zero-order chi connectivity index (χ0) is 11.3. The van der Waals surface area contributed by atoms with Gasteiger partial charge >= 0.3 is 5.97 Å². The van der Waals surface area contributed by atoms with Crippen molar-refractivity contribution in [2.24, 2.45) is 29.6 Å². The lowest BCUT2D eigenvalue weighted by atomic mass is 9.52. The first-order chi connectivity index (χ1) is 7.63. The van der Waals surface area contributed by atoms with E-state index in [-0.39, 0.29) is 5.03 Å². The van der Waals surface area contributed by atoms with Crippen LogP contribution in [-0.4, -0.2) is 11.1 Å². The molecule has 4 rings (SSSR count). The summed E-state index contributed by atoms with van der Waals surface area (Å²) in [7, 11) is 0. The first-order valence-electron chi connectivity index (χ1n) is 6.24. The van der Waals surface area contributed by atoms with E-state index >= 15 is 0 Å². The molecule has 0 saturated heterocycles. The summed E-state index contributed by atoms with van der Waals surface area (Å²) in [5, 5.41) is 8.86. The third-order valence-corrected chi connectivity index (χ3v) is 5.13. The Balaban J connectivity index is 1.82. The number of hydrogen-bond donors (Lipinski definition) is 1. The Bertz CT molecular complexity index is 320. The maximum absolute atomic E-state index is 10.8. The van der Waals surface area contributed by atoms with Crippen molar-refractivity contribution in [2.75, 3.05) is 0 Å². The van der Waals surface area contributed by atoms with Gasteiger partial charge in [0.25, 0.3) is 0 Å². The maximum atomic E-state index is 10.8. The summed E-state index contributed by atoms with van der Waals surface area (Å²) < 4.78 is 0. The number of rotatable bonds is 2. The van der Waals surface area contributed by atoms with Crippen LogP contribution in [0.3, 0.4) is 0 Å². The van der Waals surface area contributed by atoms with Gasteiger partial charge in [-0.3, -0.25) is 0 Å². The Morgan fingerprint density at radius 1 is 1.06 bits per heavy atom. The van der Waals surface area contributed by atoms with Crippen LogP contribution in [0.4, 0.5) is 0 Å². The van der Waals surface area contributed by atoms with E-state index in [0.717, 1.165) is 11.8 Å². The monoisotopic (exact) mass is 240 g/mol. The van der Waals surface area contributed by atoms with Gasteiger partial charge in [-0.1, -0.05) is 17.7 Å². The molecule has 4 saturated carbocycles. The minimum Gasteiger partial charge on any atom is -0.477 e. The zero-order valence-corrected chi connectivity index (χ0v) is 9.99. The molecule has 0 amide bonds. The normalized spacial score (nSPS) is 46.1. The van der Waals surface area contributed by atoms with Crippen molar-refractivity contribution in [3.63, 3.8) is 0 Å². The largest absolute Gasteiger partial charge is 0.477 e. The standard InChI is InChI=1S/C13H17ClO2/c14-12(13(15)16)6-11-9-2-7-1-8(4-9)5-10(11)3-7/h6-11H,1-5H2,(H,15,16)/b12-6+. The lowest BCUT2D eigenvalue weighted by Gasteiger charge is -2.53. The van der Waals surface area contributed by atoms with Crippen molar-refractivity contribution in [1.29, 1.82) is 0 Å². The van der Waals surface area contributed by atoms with Crippen molar-refractivity contribution in [3.05, 3.63) is 11.1 Å². The van der Waals surface area contributed by atoms with Crippen LogP contribution in [0, 0.1) is 29.6 Å². The first-order valence-corrected chi connectivity index (χ1v) is 6.62. The molecule has 0 atom stereocenters. The molecule has 0 aromatic rings. The van der Waals surface area contributed by atoms with Gasteiger partial charge in [-0.25, -0.2) is 4.79 Å². The summed E-state index contributed by atoms with van der Waals surface area (Å²) in [4.78, 5) is 10.8. The molecule has 0 aromatic heterocycles. The minimum absolute atomic E-state index is 0.0254. The molecular formula is C13H17ClO2. The van der Waals surface area contributed by atoms with Gasteiger partial charge in [0, 0.05) is 0 Å². The number of aliphatic carboxylic acids is 1. The molecule has 0 heterocycles. The smallest absolute Gasteiger partial charge is 0.346 e. The van der Waals surface area contributed by atoms with Crippen LogP contribution in [0.5, 0.6) is 0 Å². The van der Waals surface area contributed by atoms with Crippen molar-refractivity contribution in [1.82, 2.24) is 0 Å². The average molecular weight is 241 g/mol. The van der Waals surface area contributed by atoms with E-state index < -0.39 is 5.97 Å². The van der Waals surface area contributed by atoms with Crippen molar-refractivity contribution < 1.29 is 9.90 Å². The van der Waals surface area contributed by atoms with Gasteiger partial charge in [0.2, 0.25) is 0 Å². The van der Waals surface area contributed by atoms with Gasteiger partial charge in [-0.15, -0.1) is 0 Å². The SMILES string of the molecule is O=C(O)/C(Cl)=C\C1C2CC3CC(C2)CC1C3. The summed E-state index contributed by atoms with van der Waals surface area (Å²) in [5.74, 6) is 2.74. The van der Waals surface area contributed by atoms with E-state index in [1.807, 2.05) is 6.08 Å². The number of allylic oxidation sites excluding steroid dienone is 1. The zero-order valence-electron chi connectivity index (χ0n) is 9.23. The van der Waals surface area contributed by atoms with Crippen LogP contribution in [0.2, 0.25) is 0 Å². The highest BCUT2D eigenvalue weighted by atomic mass is 35.5. The van der Waals surface area contributed by atoms with E-state index in [2.05, 4.69) is 0 Å². The van der Waals surface area contributed by atoms with Gasteiger partial charge in [0.15, 0.2) is 0 Å². The van der Waals surface area contributed by atoms with Gasteiger partial charge in [0.05, 0.1) is 0 Å². The average Bonchev–Trinajstić information content (AvgIpc) is 2.21. The van der Waals surface area contributed by atoms with E-state index in [0.29, 0.717) is 17.8 Å². The molecule has 0 unspecified atom stereocenters. The predicted octanol–water partition coefficient (Wildman–Crippen LogP) is 3.27. The van der Waals surface area contributed by atoms with Crippen molar-refractivity contribution in [2.45, 2.75) is 32.1 Å². The quantitative estimate of drug-likeness (QED) is 0.753. The molecule has 0 aliphatic heterocycles. The van der Waals surface area contributed by atoms with Gasteiger partial charge in [0.1, 0.15) is 5.03 Å². The topological polar surface area (TPSA) is 37.3 Å². The molecule has 3 heteroatoms. The van der Waals surface area contributed by atoms with Crippen molar-refractivity contribution in [3.8, 4) is 0 Å². The van der Waals surface area contributed by atoms with E-state index in [9.17, 15) is 4.79 Å². The second-order valence-corrected chi connectivity index (χ2v) is 6.24. The van der Waals surface area contributed by atoms with Gasteiger partial charge in [-0.2, -0.15) is 0 Å². The molecule has 4 bridgehead atoms. The second kappa shape index (κ2) is 3.76. The Labute approximate surface area is 101 Å². The Morgan fingerprint density at radius 3 is 2.00 bits per heavy atom. The fourth-order valence-corrected chi connectivity index (χ4v) is 4.63. The highest BCUT2D eigenvalue weighted by Crippen LogP contribution is 2.57. The molecule has 0 aromatic carbocycles. The highest BCUT2D eigenvalue weighted by molar-refractivity contribution is 6.40. The van der Waals surface area contributed by atoms with Gasteiger partial charge < -0.3 is 5.11 Å². The molecule has 2 nitrogen and oxygen atoms in total. The molecule has 0 radical (unpaired) electrons. The molecular weight excluding hydrogens is 224 g/mol. The Hall–Kier alpha value is -0.500. The van der Waals surface area contributed by atoms with Crippen LogP contribution < -0.4 is 0 Å².